The SMILES string of the molecule is COC(=O)CN(Cc1ccccc1)S(=O)(=O)C1CCCC1C(=O)OC. The summed E-state index contributed by atoms with van der Waals surface area (Å²) in [5.41, 5.74) is 0.752. The lowest BCUT2D eigenvalue weighted by Gasteiger charge is -2.27. The minimum absolute atomic E-state index is 0.0443. The zero-order valence-electron chi connectivity index (χ0n) is 14.4. The predicted molar refractivity (Wildman–Crippen MR) is 90.9 cm³/mol. The van der Waals surface area contributed by atoms with Crippen LogP contribution in [0.4, 0.5) is 0 Å². The molecule has 2 atom stereocenters. The third-order valence-corrected chi connectivity index (χ3v) is 6.74. The van der Waals surface area contributed by atoms with E-state index < -0.39 is 39.7 Å². The first kappa shape index (κ1) is 19.4. The Morgan fingerprint density at radius 3 is 2.40 bits per heavy atom. The molecule has 0 heterocycles. The molecule has 0 aromatic heterocycles. The van der Waals surface area contributed by atoms with E-state index >= 15 is 0 Å². The molecule has 7 nitrogen and oxygen atoms in total. The van der Waals surface area contributed by atoms with Crippen LogP contribution in [0.25, 0.3) is 0 Å². The quantitative estimate of drug-likeness (QED) is 0.674. The van der Waals surface area contributed by atoms with E-state index in [1.165, 1.54) is 14.2 Å². The first-order valence-corrected chi connectivity index (χ1v) is 9.58. The Balaban J connectivity index is 2.30. The number of carbonyl (C=O) groups excluding carboxylic acids is 2. The fourth-order valence-electron chi connectivity index (χ4n) is 3.13. The van der Waals surface area contributed by atoms with Crippen LogP contribution in [0.15, 0.2) is 30.3 Å². The Morgan fingerprint density at radius 1 is 1.12 bits per heavy atom. The second kappa shape index (κ2) is 8.44. The highest BCUT2D eigenvalue weighted by molar-refractivity contribution is 7.89. The minimum Gasteiger partial charge on any atom is -0.469 e. The molecule has 0 bridgehead atoms. The molecule has 1 aliphatic carbocycles. The second-order valence-electron chi connectivity index (χ2n) is 5.97. The van der Waals surface area contributed by atoms with E-state index in [-0.39, 0.29) is 6.54 Å². The average Bonchev–Trinajstić information content (AvgIpc) is 3.11. The number of carbonyl (C=O) groups is 2. The number of hydrogen-bond donors (Lipinski definition) is 0. The molecule has 0 amide bonds. The maximum absolute atomic E-state index is 13.1. The van der Waals surface area contributed by atoms with Gasteiger partial charge in [0, 0.05) is 6.54 Å². The number of rotatable bonds is 7. The average molecular weight is 369 g/mol. The van der Waals surface area contributed by atoms with Crippen LogP contribution in [0.3, 0.4) is 0 Å². The molecule has 0 N–H and O–H groups in total. The van der Waals surface area contributed by atoms with Crippen molar-refractivity contribution in [3.8, 4) is 0 Å². The van der Waals surface area contributed by atoms with Crippen molar-refractivity contribution in [1.29, 1.82) is 0 Å². The van der Waals surface area contributed by atoms with E-state index in [4.69, 9.17) is 4.74 Å². The normalized spacial score (nSPS) is 20.4. The van der Waals surface area contributed by atoms with Crippen molar-refractivity contribution in [2.45, 2.75) is 31.1 Å². The minimum atomic E-state index is -3.88. The summed E-state index contributed by atoms with van der Waals surface area (Å²) in [6.07, 6.45) is 1.46. The van der Waals surface area contributed by atoms with Gasteiger partial charge in [0.2, 0.25) is 10.0 Å². The largest absolute Gasteiger partial charge is 0.469 e. The van der Waals surface area contributed by atoms with Crippen LogP contribution in [-0.2, 0) is 35.6 Å². The lowest BCUT2D eigenvalue weighted by molar-refractivity contribution is -0.145. The summed E-state index contributed by atoms with van der Waals surface area (Å²) in [5.74, 6) is -1.87. The van der Waals surface area contributed by atoms with Crippen LogP contribution in [-0.4, -0.2) is 50.7 Å². The molecule has 8 heteroatoms. The van der Waals surface area contributed by atoms with Gasteiger partial charge < -0.3 is 9.47 Å². The molecular weight excluding hydrogens is 346 g/mol. The molecule has 25 heavy (non-hydrogen) atoms. The molecule has 138 valence electrons. The van der Waals surface area contributed by atoms with Gasteiger partial charge in [-0.05, 0) is 18.4 Å². The van der Waals surface area contributed by atoms with Crippen molar-refractivity contribution in [2.75, 3.05) is 20.8 Å². The number of methoxy groups -OCH3 is 2. The maximum atomic E-state index is 13.1. The van der Waals surface area contributed by atoms with Crippen molar-refractivity contribution in [3.05, 3.63) is 35.9 Å². The molecule has 1 saturated carbocycles. The van der Waals surface area contributed by atoms with Crippen molar-refractivity contribution in [2.24, 2.45) is 5.92 Å². The summed E-state index contributed by atoms with van der Waals surface area (Å²) in [5, 5.41) is -0.881. The molecule has 1 fully saturated rings. The van der Waals surface area contributed by atoms with Crippen molar-refractivity contribution < 1.29 is 27.5 Å². The van der Waals surface area contributed by atoms with Crippen molar-refractivity contribution in [3.63, 3.8) is 0 Å². The highest BCUT2D eigenvalue weighted by Gasteiger charge is 2.45. The molecule has 1 aliphatic rings. The maximum Gasteiger partial charge on any atom is 0.321 e. The zero-order chi connectivity index (χ0) is 18.4. The molecule has 2 rings (SSSR count). The van der Waals surface area contributed by atoms with Gasteiger partial charge in [0.05, 0.1) is 25.4 Å². The number of esters is 2. The Morgan fingerprint density at radius 2 is 1.80 bits per heavy atom. The van der Waals surface area contributed by atoms with Crippen LogP contribution < -0.4 is 0 Å². The standard InChI is InChI=1S/C17H23NO6S/c1-23-16(19)12-18(11-13-7-4-3-5-8-13)25(21,22)15-10-6-9-14(15)17(20)24-2/h3-5,7-8,14-15H,6,9-12H2,1-2H3. The van der Waals surface area contributed by atoms with Crippen LogP contribution in [0, 0.1) is 5.92 Å². The number of sulfonamides is 1. The van der Waals surface area contributed by atoms with Gasteiger partial charge in [-0.2, -0.15) is 4.31 Å². The highest BCUT2D eigenvalue weighted by Crippen LogP contribution is 2.34. The smallest absolute Gasteiger partial charge is 0.321 e. The van der Waals surface area contributed by atoms with Crippen LogP contribution >= 0.6 is 0 Å². The van der Waals surface area contributed by atoms with Gasteiger partial charge in [-0.25, -0.2) is 8.42 Å². The summed E-state index contributed by atoms with van der Waals surface area (Å²) >= 11 is 0. The monoisotopic (exact) mass is 369 g/mol. The zero-order valence-corrected chi connectivity index (χ0v) is 15.2. The summed E-state index contributed by atoms with van der Waals surface area (Å²) in [7, 11) is -1.42. The summed E-state index contributed by atoms with van der Waals surface area (Å²) < 4.78 is 36.7. The van der Waals surface area contributed by atoms with Gasteiger partial charge in [-0.3, -0.25) is 9.59 Å². The Labute approximate surface area is 148 Å². The molecule has 0 spiro atoms. The Hall–Kier alpha value is -1.93. The van der Waals surface area contributed by atoms with Gasteiger partial charge >= 0.3 is 11.9 Å². The van der Waals surface area contributed by atoms with E-state index in [9.17, 15) is 18.0 Å². The molecular formula is C17H23NO6S. The third kappa shape index (κ3) is 4.58. The number of hydrogen-bond acceptors (Lipinski definition) is 6. The molecule has 1 aromatic carbocycles. The van der Waals surface area contributed by atoms with E-state index in [1.807, 2.05) is 6.07 Å². The fourth-order valence-corrected chi connectivity index (χ4v) is 5.25. The first-order chi connectivity index (χ1) is 11.9. The van der Waals surface area contributed by atoms with E-state index in [2.05, 4.69) is 4.74 Å². The van der Waals surface area contributed by atoms with Crippen LogP contribution in [0.2, 0.25) is 0 Å². The van der Waals surface area contributed by atoms with E-state index in [0.29, 0.717) is 19.3 Å². The highest BCUT2D eigenvalue weighted by atomic mass is 32.2. The Bertz CT molecular complexity index is 703. The van der Waals surface area contributed by atoms with Gasteiger partial charge in [0.1, 0.15) is 6.54 Å². The van der Waals surface area contributed by atoms with Gasteiger partial charge in [-0.15, -0.1) is 0 Å². The van der Waals surface area contributed by atoms with Crippen LogP contribution in [0.1, 0.15) is 24.8 Å². The van der Waals surface area contributed by atoms with Gasteiger partial charge in [0.25, 0.3) is 0 Å². The molecule has 0 radical (unpaired) electrons. The van der Waals surface area contributed by atoms with Gasteiger partial charge in [0.15, 0.2) is 0 Å². The summed E-state index contributed by atoms with van der Waals surface area (Å²) in [6, 6.07) is 8.99. The number of ether oxygens (including phenoxy) is 2. The Kier molecular flexibility index (Phi) is 6.55. The predicted octanol–water partition coefficient (Wildman–Crippen LogP) is 1.33. The van der Waals surface area contributed by atoms with Crippen molar-refractivity contribution in [1.82, 2.24) is 4.31 Å². The topological polar surface area (TPSA) is 90.0 Å². The summed E-state index contributed by atoms with van der Waals surface area (Å²) in [4.78, 5) is 23.7. The second-order valence-corrected chi connectivity index (χ2v) is 8.13. The number of nitrogens with zero attached hydrogens (tertiary/aromatic N) is 1. The first-order valence-electron chi connectivity index (χ1n) is 8.07. The molecule has 1 aromatic rings. The lowest BCUT2D eigenvalue weighted by atomic mass is 10.1. The molecule has 0 saturated heterocycles. The third-order valence-electron chi connectivity index (χ3n) is 4.43. The van der Waals surface area contributed by atoms with Crippen LogP contribution in [0.5, 0.6) is 0 Å². The fraction of sp³-hybridized carbons (Fsp3) is 0.529. The summed E-state index contributed by atoms with van der Waals surface area (Å²) in [6.45, 7) is -0.346. The molecule has 2 unspecified atom stereocenters. The number of benzene rings is 1. The van der Waals surface area contributed by atoms with Gasteiger partial charge in [-0.1, -0.05) is 36.8 Å². The van der Waals surface area contributed by atoms with Crippen molar-refractivity contribution >= 4 is 22.0 Å². The molecule has 0 aliphatic heterocycles. The van der Waals surface area contributed by atoms with E-state index in [0.717, 1.165) is 9.87 Å². The van der Waals surface area contributed by atoms with E-state index in [1.54, 1.807) is 24.3 Å². The lowest BCUT2D eigenvalue weighted by Crippen LogP contribution is -2.44.